The summed E-state index contributed by atoms with van der Waals surface area (Å²) in [4.78, 5) is 54.5. The van der Waals surface area contributed by atoms with Crippen LogP contribution in [0.4, 0.5) is 16.6 Å². The smallest absolute Gasteiger partial charge is 0.352 e. The van der Waals surface area contributed by atoms with Crippen LogP contribution in [0.1, 0.15) is 12.1 Å². The average molecular weight is 538 g/mol. The molecule has 2 aromatic heterocycles. The van der Waals surface area contributed by atoms with Gasteiger partial charge in [-0.15, -0.1) is 11.3 Å². The number of rotatable bonds is 8. The van der Waals surface area contributed by atoms with Gasteiger partial charge in [0.1, 0.15) is 19.0 Å². The van der Waals surface area contributed by atoms with E-state index in [4.69, 9.17) is 17.2 Å². The van der Waals surface area contributed by atoms with Crippen molar-refractivity contribution in [1.29, 1.82) is 0 Å². The van der Waals surface area contributed by atoms with Gasteiger partial charge in [0.15, 0.2) is 21.0 Å². The summed E-state index contributed by atoms with van der Waals surface area (Å²) in [7, 11) is 1.27. The first-order valence-corrected chi connectivity index (χ1v) is 12.5. The number of thioether (sulfide) groups is 2. The first-order valence-electron chi connectivity index (χ1n) is 9.74. The van der Waals surface area contributed by atoms with E-state index in [2.05, 4.69) is 30.3 Å². The highest BCUT2D eigenvalue weighted by atomic mass is 32.2. The lowest BCUT2D eigenvalue weighted by atomic mass is 9.98. The van der Waals surface area contributed by atoms with Crippen molar-refractivity contribution in [3.63, 3.8) is 0 Å². The fourth-order valence-corrected chi connectivity index (χ4v) is 6.83. The molecule has 14 nitrogen and oxygen atoms in total. The SMILES string of the molecule is CON=CC(=O)NC1(c2csc(N)n2)S[C@H]2CC(=O)N2C(C(=O)O)=C1CSc1ncc(N)c(N)n1. The molecular weight excluding hydrogens is 518 g/mol. The zero-order valence-electron chi connectivity index (χ0n) is 18.0. The first kappa shape index (κ1) is 24.6. The minimum atomic E-state index is -1.49. The number of carboxylic acid groups (broad SMARTS) is 1. The highest BCUT2D eigenvalue weighted by Crippen LogP contribution is 2.54. The third-order valence-corrected chi connectivity index (χ3v) is 8.12. The molecule has 0 aliphatic carbocycles. The van der Waals surface area contributed by atoms with Gasteiger partial charge in [0, 0.05) is 16.7 Å². The summed E-state index contributed by atoms with van der Waals surface area (Å²) >= 11 is 3.35. The molecule has 0 radical (unpaired) electrons. The first-order chi connectivity index (χ1) is 16.7. The number of aliphatic carboxylic acids is 1. The number of amides is 2. The normalized spacial score (nSPS) is 21.6. The molecule has 1 fully saturated rings. The second-order valence-corrected chi connectivity index (χ2v) is 10.3. The summed E-state index contributed by atoms with van der Waals surface area (Å²) in [5.41, 5.74) is 17.7. The molecule has 2 atom stereocenters. The number of oxime groups is 1. The van der Waals surface area contributed by atoms with Crippen molar-refractivity contribution in [2.45, 2.75) is 21.8 Å². The maximum Gasteiger partial charge on any atom is 0.352 e. The largest absolute Gasteiger partial charge is 0.477 e. The number of anilines is 3. The number of fused-ring (bicyclic) bond motifs is 1. The average Bonchev–Trinajstić information content (AvgIpc) is 3.25. The van der Waals surface area contributed by atoms with Gasteiger partial charge in [-0.1, -0.05) is 28.7 Å². The third kappa shape index (κ3) is 4.56. The van der Waals surface area contributed by atoms with Crippen molar-refractivity contribution in [2.75, 3.05) is 30.1 Å². The van der Waals surface area contributed by atoms with Gasteiger partial charge in [0.2, 0.25) is 5.91 Å². The van der Waals surface area contributed by atoms with Gasteiger partial charge in [-0.25, -0.2) is 19.7 Å². The van der Waals surface area contributed by atoms with Crippen LogP contribution in [0.25, 0.3) is 0 Å². The van der Waals surface area contributed by atoms with Crippen LogP contribution in [0.5, 0.6) is 0 Å². The molecular formula is C18H19N9O5S3. The molecule has 1 unspecified atom stereocenters. The summed E-state index contributed by atoms with van der Waals surface area (Å²) in [6, 6.07) is 0. The second kappa shape index (κ2) is 9.59. The molecule has 0 aromatic carbocycles. The quantitative estimate of drug-likeness (QED) is 0.0985. The maximum absolute atomic E-state index is 12.8. The molecule has 2 amide bonds. The number of thiazole rings is 1. The summed E-state index contributed by atoms with van der Waals surface area (Å²) < 4.78 is 0. The van der Waals surface area contributed by atoms with Crippen molar-refractivity contribution in [2.24, 2.45) is 5.16 Å². The Morgan fingerprint density at radius 3 is 2.80 bits per heavy atom. The Kier molecular flexibility index (Phi) is 6.73. The van der Waals surface area contributed by atoms with Gasteiger partial charge in [0.05, 0.1) is 29.4 Å². The van der Waals surface area contributed by atoms with Crippen molar-refractivity contribution >= 4 is 75.5 Å². The number of nitrogens with zero attached hydrogens (tertiary/aromatic N) is 5. The molecule has 17 heteroatoms. The Hall–Kier alpha value is -3.57. The molecule has 0 spiro atoms. The predicted molar refractivity (Wildman–Crippen MR) is 131 cm³/mol. The topological polar surface area (TPSA) is 225 Å². The molecule has 8 N–H and O–H groups in total. The van der Waals surface area contributed by atoms with Gasteiger partial charge < -0.3 is 32.5 Å². The minimum Gasteiger partial charge on any atom is -0.477 e. The minimum absolute atomic E-state index is 0.0480. The van der Waals surface area contributed by atoms with Gasteiger partial charge in [-0.05, 0) is 0 Å². The van der Waals surface area contributed by atoms with Crippen LogP contribution in [0.3, 0.4) is 0 Å². The molecule has 35 heavy (non-hydrogen) atoms. The van der Waals surface area contributed by atoms with Crippen molar-refractivity contribution in [1.82, 2.24) is 25.2 Å². The van der Waals surface area contributed by atoms with Crippen molar-refractivity contribution < 1.29 is 24.3 Å². The lowest BCUT2D eigenvalue weighted by Gasteiger charge is -2.51. The fourth-order valence-electron chi connectivity index (χ4n) is 3.47. The van der Waals surface area contributed by atoms with E-state index in [0.717, 1.165) is 29.3 Å². The van der Waals surface area contributed by atoms with E-state index in [1.807, 2.05) is 0 Å². The Labute approximate surface area is 210 Å². The lowest BCUT2D eigenvalue weighted by molar-refractivity contribution is -0.146. The summed E-state index contributed by atoms with van der Waals surface area (Å²) in [6.45, 7) is 0. The van der Waals surface area contributed by atoms with Crippen LogP contribution >= 0.6 is 34.9 Å². The standard InChI is InChI=1S/C18H19N9O5S3/c1-32-23-4-10(28)26-18(9-6-33-16(21)24-9)7(5-34-17-22-3-8(19)14(20)25-17)13(15(30)31)27-11(29)2-12(27)35-18/h3-4,6,12H,2,5,19H2,1H3,(H2,21,24)(H,26,28)(H,30,31)(H2,20,22,25)/t12-,18?/m0/s1. The number of hydrogen-bond donors (Lipinski definition) is 5. The number of carbonyl (C=O) groups excluding carboxylic acids is 2. The Morgan fingerprint density at radius 2 is 2.20 bits per heavy atom. The predicted octanol–water partition coefficient (Wildman–Crippen LogP) is 0.0171. The molecule has 0 bridgehead atoms. The maximum atomic E-state index is 12.8. The van der Waals surface area contributed by atoms with Crippen LogP contribution in [0, 0.1) is 0 Å². The number of carbonyl (C=O) groups is 3. The molecule has 2 aliphatic heterocycles. The van der Waals surface area contributed by atoms with Crippen LogP contribution in [-0.2, 0) is 24.1 Å². The zero-order valence-corrected chi connectivity index (χ0v) is 20.4. The van der Waals surface area contributed by atoms with Crippen LogP contribution in [0.15, 0.2) is 33.2 Å². The van der Waals surface area contributed by atoms with E-state index in [9.17, 15) is 19.5 Å². The fraction of sp³-hybridized carbons (Fsp3) is 0.278. The Morgan fingerprint density at radius 1 is 1.43 bits per heavy atom. The summed E-state index contributed by atoms with van der Waals surface area (Å²) in [5.74, 6) is -2.36. The van der Waals surface area contributed by atoms with Gasteiger partial charge in [0.25, 0.3) is 5.91 Å². The molecule has 2 aliphatic rings. The van der Waals surface area contributed by atoms with Crippen LogP contribution in [0.2, 0.25) is 0 Å². The molecule has 1 saturated heterocycles. The molecule has 4 rings (SSSR count). The number of nitrogen functional groups attached to an aromatic ring is 3. The number of hydrogen-bond acceptors (Lipinski definition) is 14. The van der Waals surface area contributed by atoms with E-state index in [0.29, 0.717) is 5.69 Å². The van der Waals surface area contributed by atoms with E-state index in [1.54, 1.807) is 5.38 Å². The highest BCUT2D eigenvalue weighted by Gasteiger charge is 2.56. The number of aromatic nitrogens is 3. The van der Waals surface area contributed by atoms with Gasteiger partial charge in [-0.2, -0.15) is 0 Å². The molecule has 184 valence electrons. The third-order valence-electron chi connectivity index (χ3n) is 5.00. The summed E-state index contributed by atoms with van der Waals surface area (Å²) in [5, 5.41) is 17.9. The summed E-state index contributed by atoms with van der Waals surface area (Å²) in [6.07, 6.45) is 2.33. The van der Waals surface area contributed by atoms with E-state index >= 15 is 0 Å². The number of nitrogens with one attached hydrogen (secondary N) is 1. The Bertz CT molecular complexity index is 1270. The van der Waals surface area contributed by atoms with Gasteiger partial charge in [-0.3, -0.25) is 14.5 Å². The number of β-lactam (4-membered cyclic amide) rings is 1. The van der Waals surface area contributed by atoms with E-state index in [1.165, 1.54) is 30.0 Å². The highest BCUT2D eigenvalue weighted by molar-refractivity contribution is 8.01. The molecule has 2 aromatic rings. The monoisotopic (exact) mass is 537 g/mol. The lowest BCUT2D eigenvalue weighted by Crippen LogP contribution is -2.61. The van der Waals surface area contributed by atoms with Crippen LogP contribution in [-0.4, -0.2) is 67.2 Å². The Balaban J connectivity index is 1.86. The van der Waals surface area contributed by atoms with Crippen molar-refractivity contribution in [3.8, 4) is 0 Å². The van der Waals surface area contributed by atoms with Crippen LogP contribution < -0.4 is 22.5 Å². The molecule has 4 heterocycles. The zero-order chi connectivity index (χ0) is 25.3. The number of nitrogens with two attached hydrogens (primary N) is 3. The van der Waals surface area contributed by atoms with Gasteiger partial charge >= 0.3 is 5.97 Å². The van der Waals surface area contributed by atoms with E-state index < -0.39 is 22.1 Å². The second-order valence-electron chi connectivity index (χ2n) is 7.11. The molecule has 0 saturated carbocycles. The van der Waals surface area contributed by atoms with E-state index in [-0.39, 0.29) is 51.1 Å². The number of carboxylic acids is 1. The van der Waals surface area contributed by atoms with Crippen molar-refractivity contribution in [3.05, 3.63) is 28.5 Å².